The molecule has 0 fully saturated rings. The molecule has 1 aromatic heterocycles. The molecule has 0 radical (unpaired) electrons. The average molecular weight is 389 g/mol. The Kier molecular flexibility index (Phi) is 5.20. The number of hydrogen-bond acceptors (Lipinski definition) is 5. The highest BCUT2D eigenvalue weighted by Crippen LogP contribution is 2.44. The minimum atomic E-state index is -1.16. The Balaban J connectivity index is 1.43. The van der Waals surface area contributed by atoms with Crippen LogP contribution in [0.5, 0.6) is 0 Å². The van der Waals surface area contributed by atoms with Crippen molar-refractivity contribution in [2.75, 3.05) is 6.61 Å². The van der Waals surface area contributed by atoms with Gasteiger partial charge in [0, 0.05) is 18.5 Å². The summed E-state index contributed by atoms with van der Waals surface area (Å²) in [4.78, 5) is 23.8. The molecule has 0 unspecified atom stereocenters. The monoisotopic (exact) mass is 389 g/mol. The summed E-state index contributed by atoms with van der Waals surface area (Å²) in [5, 5.41) is 19.4. The zero-order chi connectivity index (χ0) is 20.2. The number of carboxylic acids is 1. The predicted molar refractivity (Wildman–Crippen MR) is 105 cm³/mol. The average Bonchev–Trinajstić information content (AvgIpc) is 3.06. The summed E-state index contributed by atoms with van der Waals surface area (Å²) in [5.41, 5.74) is 4.91. The Morgan fingerprint density at radius 3 is 2.24 bits per heavy atom. The number of alkyl carbamates (subject to hydrolysis) is 1. The molecule has 1 aliphatic rings. The van der Waals surface area contributed by atoms with Crippen molar-refractivity contribution in [3.8, 4) is 11.1 Å². The van der Waals surface area contributed by atoms with Gasteiger partial charge in [-0.3, -0.25) is 0 Å². The van der Waals surface area contributed by atoms with Crippen molar-refractivity contribution in [2.24, 2.45) is 0 Å². The van der Waals surface area contributed by atoms with Crippen LogP contribution in [-0.2, 0) is 16.0 Å². The van der Waals surface area contributed by atoms with Crippen LogP contribution in [0.2, 0.25) is 0 Å². The summed E-state index contributed by atoms with van der Waals surface area (Å²) in [7, 11) is 0. The van der Waals surface area contributed by atoms with Gasteiger partial charge in [0.15, 0.2) is 0 Å². The van der Waals surface area contributed by atoms with Gasteiger partial charge < -0.3 is 15.2 Å². The van der Waals surface area contributed by atoms with Gasteiger partial charge in [0.1, 0.15) is 12.6 Å². The predicted octanol–water partition coefficient (Wildman–Crippen LogP) is 3.01. The molecule has 1 aliphatic carbocycles. The van der Waals surface area contributed by atoms with Crippen molar-refractivity contribution in [1.29, 1.82) is 0 Å². The Morgan fingerprint density at radius 1 is 1.00 bits per heavy atom. The van der Waals surface area contributed by atoms with Crippen LogP contribution in [-0.4, -0.2) is 40.0 Å². The van der Waals surface area contributed by atoms with Crippen molar-refractivity contribution in [2.45, 2.75) is 18.4 Å². The lowest BCUT2D eigenvalue weighted by molar-refractivity contribution is -0.139. The summed E-state index contributed by atoms with van der Waals surface area (Å²) < 4.78 is 5.41. The first-order valence-electron chi connectivity index (χ1n) is 9.24. The van der Waals surface area contributed by atoms with Crippen LogP contribution in [0.1, 0.15) is 22.7 Å². The van der Waals surface area contributed by atoms with E-state index in [2.05, 4.69) is 27.6 Å². The molecule has 2 N–H and O–H groups in total. The van der Waals surface area contributed by atoms with E-state index in [1.807, 2.05) is 36.4 Å². The molecular formula is C22H19N3O4. The molecule has 0 spiro atoms. The number of hydrogen-bond donors (Lipinski definition) is 2. The normalized spacial score (nSPS) is 13.2. The minimum absolute atomic E-state index is 0.0212. The topological polar surface area (TPSA) is 101 Å². The summed E-state index contributed by atoms with van der Waals surface area (Å²) in [6, 6.07) is 18.2. The molecular weight excluding hydrogens is 370 g/mol. The maximum atomic E-state index is 12.3. The third-order valence-electron chi connectivity index (χ3n) is 4.97. The van der Waals surface area contributed by atoms with Crippen LogP contribution >= 0.6 is 0 Å². The second-order valence-corrected chi connectivity index (χ2v) is 6.78. The van der Waals surface area contributed by atoms with Crippen molar-refractivity contribution < 1.29 is 19.4 Å². The fourth-order valence-corrected chi connectivity index (χ4v) is 3.63. The highest BCUT2D eigenvalue weighted by molar-refractivity contribution is 5.81. The number of ether oxygens (including phenoxy) is 1. The Morgan fingerprint density at radius 2 is 1.66 bits per heavy atom. The Bertz CT molecular complexity index is 993. The van der Waals surface area contributed by atoms with Gasteiger partial charge in [-0.15, -0.1) is 0 Å². The number of carbonyl (C=O) groups is 2. The fraction of sp³-hybridized carbons (Fsp3) is 0.182. The third-order valence-corrected chi connectivity index (χ3v) is 4.97. The van der Waals surface area contributed by atoms with E-state index in [-0.39, 0.29) is 18.9 Å². The second kappa shape index (κ2) is 8.10. The number of aromatic nitrogens is 2. The molecule has 7 nitrogen and oxygen atoms in total. The number of benzene rings is 2. The molecule has 3 aromatic rings. The van der Waals surface area contributed by atoms with Crippen LogP contribution in [0.4, 0.5) is 4.79 Å². The fourth-order valence-electron chi connectivity index (χ4n) is 3.63. The Hall–Kier alpha value is -3.74. The maximum Gasteiger partial charge on any atom is 0.407 e. The van der Waals surface area contributed by atoms with E-state index in [9.17, 15) is 14.7 Å². The maximum absolute atomic E-state index is 12.3. The van der Waals surface area contributed by atoms with Crippen molar-refractivity contribution in [3.05, 3.63) is 83.7 Å². The number of nitrogens with one attached hydrogen (secondary N) is 1. The van der Waals surface area contributed by atoms with Crippen LogP contribution in [0, 0.1) is 0 Å². The van der Waals surface area contributed by atoms with E-state index in [0.29, 0.717) is 5.69 Å². The molecule has 1 heterocycles. The molecule has 4 rings (SSSR count). The van der Waals surface area contributed by atoms with Gasteiger partial charge in [-0.25, -0.2) is 9.59 Å². The molecule has 1 amide bonds. The second-order valence-electron chi connectivity index (χ2n) is 6.78. The standard InChI is InChI=1S/C22H19N3O4/c26-21(27)20(12-14-6-5-11-23-25-14)24-22(28)29-13-19-17-9-3-1-7-15(17)16-8-2-4-10-18(16)19/h1-11,19-20H,12-13H2,(H,24,28)(H,26,27)/t20-/m0/s1. The molecule has 1 atom stereocenters. The van der Waals surface area contributed by atoms with Crippen LogP contribution in [0.3, 0.4) is 0 Å². The molecule has 0 aliphatic heterocycles. The lowest BCUT2D eigenvalue weighted by Gasteiger charge is -2.17. The third kappa shape index (κ3) is 3.94. The molecule has 29 heavy (non-hydrogen) atoms. The van der Waals surface area contributed by atoms with Crippen molar-refractivity contribution in [3.63, 3.8) is 0 Å². The van der Waals surface area contributed by atoms with Gasteiger partial charge in [0.2, 0.25) is 0 Å². The van der Waals surface area contributed by atoms with Crippen LogP contribution < -0.4 is 5.32 Å². The number of nitrogens with zero attached hydrogens (tertiary/aromatic N) is 2. The largest absolute Gasteiger partial charge is 0.480 e. The molecule has 0 saturated heterocycles. The van der Waals surface area contributed by atoms with Gasteiger partial charge in [0.05, 0.1) is 5.69 Å². The molecule has 0 saturated carbocycles. The number of carbonyl (C=O) groups excluding carboxylic acids is 1. The van der Waals surface area contributed by atoms with Crippen LogP contribution in [0.25, 0.3) is 11.1 Å². The van der Waals surface area contributed by atoms with E-state index in [0.717, 1.165) is 22.3 Å². The summed E-state index contributed by atoms with van der Waals surface area (Å²) in [6.45, 7) is 0.122. The van der Waals surface area contributed by atoms with Gasteiger partial charge in [-0.05, 0) is 34.4 Å². The number of amides is 1. The first-order valence-corrected chi connectivity index (χ1v) is 9.24. The molecule has 0 bridgehead atoms. The molecule has 2 aromatic carbocycles. The molecule has 146 valence electrons. The zero-order valence-electron chi connectivity index (χ0n) is 15.5. The lowest BCUT2D eigenvalue weighted by atomic mass is 9.98. The van der Waals surface area contributed by atoms with E-state index >= 15 is 0 Å². The zero-order valence-corrected chi connectivity index (χ0v) is 15.5. The lowest BCUT2D eigenvalue weighted by Crippen LogP contribution is -2.43. The first kappa shape index (κ1) is 18.6. The van der Waals surface area contributed by atoms with Gasteiger partial charge in [0.25, 0.3) is 0 Å². The minimum Gasteiger partial charge on any atom is -0.480 e. The van der Waals surface area contributed by atoms with E-state index in [4.69, 9.17) is 4.74 Å². The number of rotatable bonds is 6. The van der Waals surface area contributed by atoms with Gasteiger partial charge >= 0.3 is 12.1 Å². The van der Waals surface area contributed by atoms with Crippen molar-refractivity contribution >= 4 is 12.1 Å². The SMILES string of the molecule is O=C(N[C@@H](Cc1cccnn1)C(=O)O)OCC1c2ccccc2-c2ccccc21. The van der Waals surface area contributed by atoms with E-state index < -0.39 is 18.1 Å². The molecule has 7 heteroatoms. The van der Waals surface area contributed by atoms with Gasteiger partial charge in [-0.1, -0.05) is 48.5 Å². The van der Waals surface area contributed by atoms with Crippen LogP contribution in [0.15, 0.2) is 66.9 Å². The quantitative estimate of drug-likeness (QED) is 0.672. The number of carboxylic acid groups (broad SMARTS) is 1. The van der Waals surface area contributed by atoms with Crippen molar-refractivity contribution in [1.82, 2.24) is 15.5 Å². The van der Waals surface area contributed by atoms with E-state index in [1.165, 1.54) is 6.20 Å². The number of aliphatic carboxylic acids is 1. The summed E-state index contributed by atoms with van der Waals surface area (Å²) >= 11 is 0. The highest BCUT2D eigenvalue weighted by Gasteiger charge is 2.29. The highest BCUT2D eigenvalue weighted by atomic mass is 16.5. The van der Waals surface area contributed by atoms with Gasteiger partial charge in [-0.2, -0.15) is 10.2 Å². The van der Waals surface area contributed by atoms with E-state index in [1.54, 1.807) is 12.1 Å². The first-order chi connectivity index (χ1) is 14.1. The smallest absolute Gasteiger partial charge is 0.407 e. The number of fused-ring (bicyclic) bond motifs is 3. The summed E-state index contributed by atoms with van der Waals surface area (Å²) in [6.07, 6.45) is 0.745. The Labute approximate surface area is 167 Å². The summed E-state index contributed by atoms with van der Waals surface area (Å²) in [5.74, 6) is -1.25.